The summed E-state index contributed by atoms with van der Waals surface area (Å²) < 4.78 is 0. The van der Waals surface area contributed by atoms with E-state index in [0.717, 1.165) is 24.9 Å². The van der Waals surface area contributed by atoms with E-state index in [0.29, 0.717) is 16.6 Å². The molecule has 2 atom stereocenters. The largest absolute Gasteiger partial charge is 0.349 e. The number of carbonyl (C=O) groups is 1. The van der Waals surface area contributed by atoms with Gasteiger partial charge < -0.3 is 10.6 Å². The molecule has 1 aliphatic rings. The molecule has 0 bridgehead atoms. The summed E-state index contributed by atoms with van der Waals surface area (Å²) in [6.45, 7) is 5.04. The van der Waals surface area contributed by atoms with Crippen LogP contribution in [-0.2, 0) is 0 Å². The van der Waals surface area contributed by atoms with Crippen LogP contribution in [-0.4, -0.2) is 24.5 Å². The number of amides is 1. The van der Waals surface area contributed by atoms with Gasteiger partial charge in [0.15, 0.2) is 0 Å². The van der Waals surface area contributed by atoms with Crippen molar-refractivity contribution in [2.45, 2.75) is 38.8 Å². The summed E-state index contributed by atoms with van der Waals surface area (Å²) in [5.41, 5.74) is 1.65. The number of benzene rings is 1. The molecule has 1 aromatic rings. The maximum absolute atomic E-state index is 12.1. The van der Waals surface area contributed by atoms with Gasteiger partial charge in [-0.1, -0.05) is 11.6 Å². The highest BCUT2D eigenvalue weighted by Crippen LogP contribution is 2.15. The van der Waals surface area contributed by atoms with Gasteiger partial charge in [0.05, 0.1) is 0 Å². The first-order valence-corrected chi connectivity index (χ1v) is 6.74. The van der Waals surface area contributed by atoms with Crippen LogP contribution >= 0.6 is 24.0 Å². The van der Waals surface area contributed by atoms with Crippen LogP contribution in [0.4, 0.5) is 0 Å². The Kier molecular flexibility index (Phi) is 6.11. The van der Waals surface area contributed by atoms with Gasteiger partial charge in [-0.05, 0) is 57.0 Å². The van der Waals surface area contributed by atoms with Gasteiger partial charge in [-0.3, -0.25) is 4.79 Å². The molecule has 3 nitrogen and oxygen atoms in total. The van der Waals surface area contributed by atoms with Gasteiger partial charge in [-0.2, -0.15) is 0 Å². The van der Waals surface area contributed by atoms with Crippen LogP contribution in [0.1, 0.15) is 35.7 Å². The van der Waals surface area contributed by atoms with Crippen LogP contribution in [0.5, 0.6) is 0 Å². The number of aryl methyl sites for hydroxylation is 1. The fourth-order valence-corrected chi connectivity index (χ4v) is 2.69. The van der Waals surface area contributed by atoms with Crippen molar-refractivity contribution >= 4 is 29.9 Å². The Morgan fingerprint density at radius 1 is 1.42 bits per heavy atom. The average Bonchev–Trinajstić information content (AvgIpc) is 2.27. The molecule has 2 unspecified atom stereocenters. The Morgan fingerprint density at radius 3 is 2.79 bits per heavy atom. The lowest BCUT2D eigenvalue weighted by Gasteiger charge is -2.28. The van der Waals surface area contributed by atoms with Gasteiger partial charge >= 0.3 is 0 Å². The molecule has 0 aromatic heterocycles. The van der Waals surface area contributed by atoms with E-state index in [1.54, 1.807) is 6.07 Å². The van der Waals surface area contributed by atoms with E-state index in [1.807, 2.05) is 19.1 Å². The number of carbonyl (C=O) groups excluding carboxylic acids is 1. The maximum atomic E-state index is 12.1. The van der Waals surface area contributed by atoms with Crippen molar-refractivity contribution in [1.82, 2.24) is 10.6 Å². The molecule has 1 heterocycles. The molecule has 2 rings (SSSR count). The molecule has 106 valence electrons. The van der Waals surface area contributed by atoms with Crippen molar-refractivity contribution in [3.63, 3.8) is 0 Å². The molecule has 0 spiro atoms. The van der Waals surface area contributed by atoms with Gasteiger partial charge in [0, 0.05) is 22.7 Å². The molecule has 1 aromatic carbocycles. The molecule has 5 heteroatoms. The predicted octanol–water partition coefficient (Wildman–Crippen LogP) is 2.94. The minimum absolute atomic E-state index is 0. The van der Waals surface area contributed by atoms with E-state index in [2.05, 4.69) is 17.6 Å². The molecule has 1 saturated heterocycles. The van der Waals surface area contributed by atoms with Crippen molar-refractivity contribution in [2.24, 2.45) is 0 Å². The number of piperidine rings is 1. The second-order valence-electron chi connectivity index (χ2n) is 5.07. The SMILES string of the molecule is Cc1cc(Cl)cc(C(=O)NC2CCNC(C)C2)c1.Cl. The van der Waals surface area contributed by atoms with Crippen molar-refractivity contribution in [3.05, 3.63) is 34.3 Å². The number of rotatable bonds is 2. The average molecular weight is 303 g/mol. The van der Waals surface area contributed by atoms with E-state index < -0.39 is 0 Å². The van der Waals surface area contributed by atoms with Crippen LogP contribution in [0, 0.1) is 6.92 Å². The monoisotopic (exact) mass is 302 g/mol. The molecule has 0 aliphatic carbocycles. The van der Waals surface area contributed by atoms with E-state index in [-0.39, 0.29) is 24.4 Å². The molecule has 1 amide bonds. The van der Waals surface area contributed by atoms with Crippen LogP contribution in [0.3, 0.4) is 0 Å². The quantitative estimate of drug-likeness (QED) is 0.882. The Labute approximate surface area is 125 Å². The smallest absolute Gasteiger partial charge is 0.251 e. The van der Waals surface area contributed by atoms with Gasteiger partial charge in [-0.15, -0.1) is 12.4 Å². The number of hydrogen-bond donors (Lipinski definition) is 2. The summed E-state index contributed by atoms with van der Waals surface area (Å²) >= 11 is 5.97. The topological polar surface area (TPSA) is 41.1 Å². The molecule has 0 saturated carbocycles. The lowest BCUT2D eigenvalue weighted by Crippen LogP contribution is -2.46. The van der Waals surface area contributed by atoms with Crippen molar-refractivity contribution < 1.29 is 4.79 Å². The van der Waals surface area contributed by atoms with Crippen molar-refractivity contribution in [1.29, 1.82) is 0 Å². The highest BCUT2D eigenvalue weighted by atomic mass is 35.5. The van der Waals surface area contributed by atoms with Crippen LogP contribution in [0.15, 0.2) is 18.2 Å². The lowest BCUT2D eigenvalue weighted by molar-refractivity contribution is 0.0925. The van der Waals surface area contributed by atoms with Gasteiger partial charge in [0.25, 0.3) is 5.91 Å². The third-order valence-electron chi connectivity index (χ3n) is 3.26. The summed E-state index contributed by atoms with van der Waals surface area (Å²) in [6.07, 6.45) is 1.96. The Balaban J connectivity index is 0.00000180. The van der Waals surface area contributed by atoms with Crippen molar-refractivity contribution in [2.75, 3.05) is 6.54 Å². The first-order chi connectivity index (χ1) is 8.54. The molecular formula is C14H20Cl2N2O. The number of halogens is 2. The Bertz CT molecular complexity index is 431. The third kappa shape index (κ3) is 4.68. The summed E-state index contributed by atoms with van der Waals surface area (Å²) in [6, 6.07) is 6.16. The zero-order valence-electron chi connectivity index (χ0n) is 11.2. The van der Waals surface area contributed by atoms with Crippen LogP contribution < -0.4 is 10.6 Å². The van der Waals surface area contributed by atoms with E-state index in [9.17, 15) is 4.79 Å². The molecule has 1 aliphatic heterocycles. The zero-order valence-corrected chi connectivity index (χ0v) is 12.8. The van der Waals surface area contributed by atoms with Crippen LogP contribution in [0.25, 0.3) is 0 Å². The standard InChI is InChI=1S/C14H19ClN2O.ClH/c1-9-5-11(8-12(15)6-9)14(18)17-13-3-4-16-10(2)7-13;/h5-6,8,10,13,16H,3-4,7H2,1-2H3,(H,17,18);1H. The molecule has 19 heavy (non-hydrogen) atoms. The third-order valence-corrected chi connectivity index (χ3v) is 3.48. The van der Waals surface area contributed by atoms with Gasteiger partial charge in [-0.25, -0.2) is 0 Å². The lowest BCUT2D eigenvalue weighted by atomic mass is 10.00. The second kappa shape index (κ2) is 7.13. The predicted molar refractivity (Wildman–Crippen MR) is 81.4 cm³/mol. The fourth-order valence-electron chi connectivity index (χ4n) is 2.40. The number of nitrogens with one attached hydrogen (secondary N) is 2. The van der Waals surface area contributed by atoms with E-state index >= 15 is 0 Å². The highest BCUT2D eigenvalue weighted by molar-refractivity contribution is 6.31. The molecular weight excluding hydrogens is 283 g/mol. The highest BCUT2D eigenvalue weighted by Gasteiger charge is 2.20. The normalized spacial score (nSPS) is 22.5. The fraction of sp³-hybridized carbons (Fsp3) is 0.500. The second-order valence-corrected chi connectivity index (χ2v) is 5.50. The summed E-state index contributed by atoms with van der Waals surface area (Å²) in [4.78, 5) is 12.1. The minimum Gasteiger partial charge on any atom is -0.349 e. The Hall–Kier alpha value is -0.770. The van der Waals surface area contributed by atoms with Crippen molar-refractivity contribution in [3.8, 4) is 0 Å². The van der Waals surface area contributed by atoms with Gasteiger partial charge in [0.1, 0.15) is 0 Å². The molecule has 2 N–H and O–H groups in total. The van der Waals surface area contributed by atoms with E-state index in [1.165, 1.54) is 0 Å². The minimum atomic E-state index is -0.0281. The molecule has 0 radical (unpaired) electrons. The summed E-state index contributed by atoms with van der Waals surface area (Å²) in [5.74, 6) is -0.0281. The summed E-state index contributed by atoms with van der Waals surface area (Å²) in [7, 11) is 0. The first-order valence-electron chi connectivity index (χ1n) is 6.36. The summed E-state index contributed by atoms with van der Waals surface area (Å²) in [5, 5.41) is 7.06. The van der Waals surface area contributed by atoms with Crippen LogP contribution in [0.2, 0.25) is 5.02 Å². The maximum Gasteiger partial charge on any atom is 0.251 e. The Morgan fingerprint density at radius 2 is 2.16 bits per heavy atom. The molecule has 1 fully saturated rings. The van der Waals surface area contributed by atoms with E-state index in [4.69, 9.17) is 11.6 Å². The zero-order chi connectivity index (χ0) is 13.1. The van der Waals surface area contributed by atoms with Gasteiger partial charge in [0.2, 0.25) is 0 Å². The first kappa shape index (κ1) is 16.3. The number of hydrogen-bond acceptors (Lipinski definition) is 2.